The number of para-hydroxylation sites is 1. The van der Waals surface area contributed by atoms with E-state index in [1.165, 1.54) is 6.07 Å². The Morgan fingerprint density at radius 2 is 1.84 bits per heavy atom. The molecule has 2 aromatic carbocycles. The van der Waals surface area contributed by atoms with Gasteiger partial charge in [-0.05, 0) is 44.2 Å². The second-order valence-corrected chi connectivity index (χ2v) is 6.99. The Morgan fingerprint density at radius 3 is 2.55 bits per heavy atom. The van der Waals surface area contributed by atoms with Crippen molar-refractivity contribution in [2.24, 2.45) is 0 Å². The van der Waals surface area contributed by atoms with Crippen LogP contribution < -0.4 is 10.1 Å². The van der Waals surface area contributed by atoms with E-state index in [9.17, 15) is 18.4 Å². The number of aromatic nitrogens is 1. The summed E-state index contributed by atoms with van der Waals surface area (Å²) in [5.41, 5.74) is 1.84. The van der Waals surface area contributed by atoms with Crippen LogP contribution in [0.3, 0.4) is 0 Å². The van der Waals surface area contributed by atoms with E-state index in [1.807, 2.05) is 42.8 Å². The predicted molar refractivity (Wildman–Crippen MR) is 115 cm³/mol. The van der Waals surface area contributed by atoms with E-state index < -0.39 is 6.61 Å². The summed E-state index contributed by atoms with van der Waals surface area (Å²) >= 11 is 0. The lowest BCUT2D eigenvalue weighted by molar-refractivity contribution is -0.131. The Morgan fingerprint density at radius 1 is 1.10 bits per heavy atom. The van der Waals surface area contributed by atoms with Crippen LogP contribution in [0.1, 0.15) is 19.4 Å². The maximum atomic E-state index is 12.6. The molecule has 0 fully saturated rings. The van der Waals surface area contributed by atoms with E-state index in [2.05, 4.69) is 10.1 Å². The van der Waals surface area contributed by atoms with Crippen LogP contribution in [0, 0.1) is 0 Å². The molecular weight excluding hydrogens is 404 g/mol. The Bertz CT molecular complexity index is 1060. The molecule has 0 saturated carbocycles. The number of hydrogen-bond acceptors (Lipinski definition) is 3. The largest absolute Gasteiger partial charge is 0.435 e. The summed E-state index contributed by atoms with van der Waals surface area (Å²) in [7, 11) is 0. The van der Waals surface area contributed by atoms with Crippen molar-refractivity contribution in [3.8, 4) is 5.75 Å². The average molecular weight is 429 g/mol. The van der Waals surface area contributed by atoms with Crippen LogP contribution in [0.5, 0.6) is 5.75 Å². The van der Waals surface area contributed by atoms with Gasteiger partial charge in [-0.25, -0.2) is 0 Å². The first-order valence-corrected chi connectivity index (χ1v) is 10.1. The summed E-state index contributed by atoms with van der Waals surface area (Å²) in [6.45, 7) is 2.51. The van der Waals surface area contributed by atoms with Gasteiger partial charge >= 0.3 is 6.61 Å². The third kappa shape index (κ3) is 5.59. The van der Waals surface area contributed by atoms with Crippen LogP contribution in [-0.2, 0) is 22.6 Å². The molecule has 0 saturated heterocycles. The zero-order chi connectivity index (χ0) is 22.4. The van der Waals surface area contributed by atoms with Gasteiger partial charge in [0, 0.05) is 41.4 Å². The molecule has 3 aromatic rings. The molecule has 1 N–H and O–H groups in total. The zero-order valence-electron chi connectivity index (χ0n) is 17.5. The number of nitrogens with one attached hydrogen (secondary N) is 1. The Labute approximate surface area is 179 Å². The summed E-state index contributed by atoms with van der Waals surface area (Å²) in [5, 5.41) is 3.66. The van der Waals surface area contributed by atoms with Crippen molar-refractivity contribution in [2.45, 2.75) is 33.4 Å². The highest BCUT2D eigenvalue weighted by atomic mass is 19.3. The van der Waals surface area contributed by atoms with E-state index in [1.54, 1.807) is 29.2 Å². The quantitative estimate of drug-likeness (QED) is 0.552. The molecule has 0 radical (unpaired) electrons. The van der Waals surface area contributed by atoms with E-state index in [0.717, 1.165) is 10.9 Å². The van der Waals surface area contributed by atoms with Gasteiger partial charge in [0.1, 0.15) is 12.3 Å². The maximum absolute atomic E-state index is 12.6. The van der Waals surface area contributed by atoms with Crippen LogP contribution in [0.4, 0.5) is 14.5 Å². The molecule has 6 nitrogen and oxygen atoms in total. The minimum Gasteiger partial charge on any atom is -0.435 e. The normalized spacial score (nSPS) is 11.0. The molecule has 0 bridgehead atoms. The topological polar surface area (TPSA) is 63.6 Å². The molecule has 0 atom stereocenters. The number of nitrogens with zero attached hydrogens (tertiary/aromatic N) is 2. The highest BCUT2D eigenvalue weighted by Gasteiger charge is 2.14. The van der Waals surface area contributed by atoms with Crippen molar-refractivity contribution >= 4 is 28.4 Å². The van der Waals surface area contributed by atoms with Gasteiger partial charge < -0.3 is 19.5 Å². The Hall–Kier alpha value is -3.42. The zero-order valence-corrected chi connectivity index (χ0v) is 17.5. The van der Waals surface area contributed by atoms with Gasteiger partial charge in [0.2, 0.25) is 11.8 Å². The molecule has 1 heterocycles. The number of ether oxygens (including phenoxy) is 1. The van der Waals surface area contributed by atoms with Crippen LogP contribution in [-0.4, -0.2) is 41.0 Å². The van der Waals surface area contributed by atoms with Crippen molar-refractivity contribution in [3.63, 3.8) is 0 Å². The standard InChI is InChI=1S/C23H25F2N3O3/c1-3-27(4-2)22(30)15-28-12-11-16-13-18(9-10-19(16)28)26-21(29)14-17-7-5-6-8-20(17)31-23(24)25/h5-13,23H,3-4,14-15H2,1-2H3,(H,26,29). The molecule has 8 heteroatoms. The lowest BCUT2D eigenvalue weighted by Crippen LogP contribution is -2.33. The minimum absolute atomic E-state index is 0.0157. The van der Waals surface area contributed by atoms with Crippen LogP contribution in [0.2, 0.25) is 0 Å². The summed E-state index contributed by atoms with van der Waals surface area (Å²) < 4.78 is 31.4. The summed E-state index contributed by atoms with van der Waals surface area (Å²) in [5.74, 6) is -0.316. The maximum Gasteiger partial charge on any atom is 0.387 e. The van der Waals surface area contributed by atoms with Crippen molar-refractivity contribution in [1.82, 2.24) is 9.47 Å². The van der Waals surface area contributed by atoms with Gasteiger partial charge in [-0.1, -0.05) is 18.2 Å². The molecule has 0 aliphatic rings. The van der Waals surface area contributed by atoms with Crippen LogP contribution >= 0.6 is 0 Å². The fourth-order valence-corrected chi connectivity index (χ4v) is 3.48. The number of fused-ring (bicyclic) bond motifs is 1. The molecule has 3 rings (SSSR count). The summed E-state index contributed by atoms with van der Waals surface area (Å²) in [6.07, 6.45) is 1.75. The SMILES string of the molecule is CCN(CC)C(=O)Cn1ccc2cc(NC(=O)Cc3ccccc3OC(F)F)ccc21. The molecule has 2 amide bonds. The van der Waals surface area contributed by atoms with E-state index in [-0.39, 0.29) is 30.5 Å². The highest BCUT2D eigenvalue weighted by Crippen LogP contribution is 2.23. The summed E-state index contributed by atoms with van der Waals surface area (Å²) in [4.78, 5) is 26.6. The van der Waals surface area contributed by atoms with Crippen molar-refractivity contribution in [2.75, 3.05) is 18.4 Å². The number of amides is 2. The van der Waals surface area contributed by atoms with Crippen molar-refractivity contribution in [3.05, 3.63) is 60.3 Å². The molecule has 1 aromatic heterocycles. The van der Waals surface area contributed by atoms with E-state index >= 15 is 0 Å². The van der Waals surface area contributed by atoms with Crippen molar-refractivity contribution < 1.29 is 23.1 Å². The first-order valence-electron chi connectivity index (χ1n) is 10.1. The lowest BCUT2D eigenvalue weighted by Gasteiger charge is -2.19. The third-order valence-electron chi connectivity index (χ3n) is 5.02. The number of carbonyl (C=O) groups is 2. The number of benzene rings is 2. The molecule has 164 valence electrons. The molecule has 0 unspecified atom stereocenters. The van der Waals surface area contributed by atoms with Gasteiger partial charge in [0.05, 0.1) is 6.42 Å². The molecule has 0 aliphatic heterocycles. The molecular formula is C23H25F2N3O3. The minimum atomic E-state index is -2.95. The molecule has 31 heavy (non-hydrogen) atoms. The number of halogens is 2. The fourth-order valence-electron chi connectivity index (χ4n) is 3.48. The molecule has 0 spiro atoms. The number of likely N-dealkylation sites (N-methyl/N-ethyl adjacent to an activating group) is 1. The number of rotatable bonds is 9. The van der Waals surface area contributed by atoms with Gasteiger partial charge in [-0.15, -0.1) is 0 Å². The Balaban J connectivity index is 1.69. The number of anilines is 1. The smallest absolute Gasteiger partial charge is 0.387 e. The van der Waals surface area contributed by atoms with Crippen molar-refractivity contribution in [1.29, 1.82) is 0 Å². The Kier molecular flexibility index (Phi) is 7.23. The van der Waals surface area contributed by atoms with Crippen LogP contribution in [0.25, 0.3) is 10.9 Å². The number of carbonyl (C=O) groups excluding carboxylic acids is 2. The van der Waals surface area contributed by atoms with Gasteiger partial charge in [0.15, 0.2) is 0 Å². The number of hydrogen-bond donors (Lipinski definition) is 1. The van der Waals surface area contributed by atoms with Gasteiger partial charge in [0.25, 0.3) is 0 Å². The average Bonchev–Trinajstić information content (AvgIpc) is 3.12. The third-order valence-corrected chi connectivity index (χ3v) is 5.02. The first kappa shape index (κ1) is 22.3. The fraction of sp³-hybridized carbons (Fsp3) is 0.304. The lowest BCUT2D eigenvalue weighted by atomic mass is 10.1. The van der Waals surface area contributed by atoms with E-state index in [4.69, 9.17) is 0 Å². The second-order valence-electron chi connectivity index (χ2n) is 6.99. The monoisotopic (exact) mass is 429 g/mol. The molecule has 0 aliphatic carbocycles. The first-order chi connectivity index (χ1) is 14.9. The highest BCUT2D eigenvalue weighted by molar-refractivity contribution is 5.95. The van der Waals surface area contributed by atoms with Crippen LogP contribution in [0.15, 0.2) is 54.7 Å². The van der Waals surface area contributed by atoms with Gasteiger partial charge in [-0.2, -0.15) is 8.78 Å². The van der Waals surface area contributed by atoms with Gasteiger partial charge in [-0.3, -0.25) is 9.59 Å². The predicted octanol–water partition coefficient (Wildman–Crippen LogP) is 4.29. The summed E-state index contributed by atoms with van der Waals surface area (Å²) in [6, 6.07) is 13.5. The second kappa shape index (κ2) is 10.1. The number of alkyl halides is 2. The van der Waals surface area contributed by atoms with E-state index in [0.29, 0.717) is 24.3 Å².